The van der Waals surface area contributed by atoms with Gasteiger partial charge in [0.1, 0.15) is 5.75 Å². The predicted molar refractivity (Wildman–Crippen MR) is 58.8 cm³/mol. The van der Waals surface area contributed by atoms with E-state index >= 15 is 0 Å². The van der Waals surface area contributed by atoms with Crippen LogP contribution in [0.25, 0.3) is 0 Å². The van der Waals surface area contributed by atoms with E-state index in [0.717, 1.165) is 16.9 Å². The summed E-state index contributed by atoms with van der Waals surface area (Å²) in [7, 11) is 0. The van der Waals surface area contributed by atoms with Crippen molar-refractivity contribution in [1.29, 1.82) is 0 Å². The minimum absolute atomic E-state index is 0.291. The van der Waals surface area contributed by atoms with Crippen molar-refractivity contribution in [3.05, 3.63) is 41.7 Å². The molecule has 1 heterocycles. The van der Waals surface area contributed by atoms with Gasteiger partial charge in [-0.05, 0) is 36.8 Å². The number of benzene rings is 1. The number of aromatic nitrogens is 2. The fourth-order valence-corrected chi connectivity index (χ4v) is 1.42. The zero-order valence-electron chi connectivity index (χ0n) is 8.49. The molecular weight excluding hydrogens is 190 g/mol. The summed E-state index contributed by atoms with van der Waals surface area (Å²) >= 11 is 0. The molecular formula is C11H13N3O. The van der Waals surface area contributed by atoms with Crippen molar-refractivity contribution in [3.8, 4) is 5.75 Å². The highest BCUT2D eigenvalue weighted by Gasteiger charge is 1.99. The first kappa shape index (κ1) is 9.58. The summed E-state index contributed by atoms with van der Waals surface area (Å²) in [4.78, 5) is 0. The van der Waals surface area contributed by atoms with Crippen molar-refractivity contribution in [2.45, 2.75) is 13.5 Å². The number of hydrogen-bond donors (Lipinski definition) is 3. The average molecular weight is 203 g/mol. The Bertz CT molecular complexity index is 437. The van der Waals surface area contributed by atoms with Crippen LogP contribution >= 0.6 is 0 Å². The molecule has 4 heteroatoms. The van der Waals surface area contributed by atoms with Crippen LogP contribution in [0.5, 0.6) is 5.75 Å². The third kappa shape index (κ3) is 2.28. The van der Waals surface area contributed by atoms with E-state index in [1.165, 1.54) is 0 Å². The molecule has 0 amide bonds. The van der Waals surface area contributed by atoms with Crippen LogP contribution in [0.3, 0.4) is 0 Å². The van der Waals surface area contributed by atoms with Gasteiger partial charge in [0, 0.05) is 11.9 Å². The van der Waals surface area contributed by atoms with Gasteiger partial charge in [0.15, 0.2) is 0 Å². The van der Waals surface area contributed by atoms with Gasteiger partial charge in [-0.15, -0.1) is 0 Å². The standard InChI is InChI=1S/C11H13N3O/c1-8-6-10(15)2-3-11(8)12-7-9-4-5-13-14-9/h2-6,12,15H,7H2,1H3,(H,13,14). The van der Waals surface area contributed by atoms with Crippen LogP contribution in [0.1, 0.15) is 11.3 Å². The van der Waals surface area contributed by atoms with Crippen LogP contribution in [-0.4, -0.2) is 15.3 Å². The maximum absolute atomic E-state index is 9.25. The van der Waals surface area contributed by atoms with Crippen LogP contribution in [0.15, 0.2) is 30.5 Å². The maximum Gasteiger partial charge on any atom is 0.115 e. The second-order valence-electron chi connectivity index (χ2n) is 3.43. The van der Waals surface area contributed by atoms with E-state index in [0.29, 0.717) is 12.3 Å². The summed E-state index contributed by atoms with van der Waals surface area (Å²) < 4.78 is 0. The Balaban J connectivity index is 2.05. The molecule has 0 atom stereocenters. The van der Waals surface area contributed by atoms with Gasteiger partial charge in [-0.2, -0.15) is 5.10 Å². The molecule has 0 aliphatic carbocycles. The molecule has 2 rings (SSSR count). The number of phenols is 1. The van der Waals surface area contributed by atoms with Gasteiger partial charge in [0.05, 0.1) is 12.2 Å². The molecule has 1 aromatic carbocycles. The smallest absolute Gasteiger partial charge is 0.115 e. The molecule has 0 aliphatic rings. The third-order valence-electron chi connectivity index (χ3n) is 2.24. The van der Waals surface area contributed by atoms with Crippen LogP contribution in [-0.2, 0) is 6.54 Å². The number of phenolic OH excluding ortho intramolecular Hbond substituents is 1. The van der Waals surface area contributed by atoms with Gasteiger partial charge >= 0.3 is 0 Å². The maximum atomic E-state index is 9.25. The molecule has 4 nitrogen and oxygen atoms in total. The number of hydrogen-bond acceptors (Lipinski definition) is 3. The monoisotopic (exact) mass is 203 g/mol. The van der Waals surface area contributed by atoms with Gasteiger partial charge in [0.25, 0.3) is 0 Å². The van der Waals surface area contributed by atoms with E-state index < -0.39 is 0 Å². The third-order valence-corrected chi connectivity index (χ3v) is 2.24. The molecule has 1 aromatic heterocycles. The van der Waals surface area contributed by atoms with Gasteiger partial charge in [0.2, 0.25) is 0 Å². The highest BCUT2D eigenvalue weighted by atomic mass is 16.3. The van der Waals surface area contributed by atoms with Gasteiger partial charge in [-0.1, -0.05) is 0 Å². The van der Waals surface area contributed by atoms with Crippen molar-refractivity contribution < 1.29 is 5.11 Å². The largest absolute Gasteiger partial charge is 0.508 e. The van der Waals surface area contributed by atoms with Crippen LogP contribution in [0.2, 0.25) is 0 Å². The van der Waals surface area contributed by atoms with E-state index in [4.69, 9.17) is 0 Å². The van der Waals surface area contributed by atoms with Crippen molar-refractivity contribution in [2.24, 2.45) is 0 Å². The summed E-state index contributed by atoms with van der Waals surface area (Å²) in [6.07, 6.45) is 1.72. The minimum Gasteiger partial charge on any atom is -0.508 e. The first-order valence-corrected chi connectivity index (χ1v) is 4.77. The van der Waals surface area contributed by atoms with Crippen LogP contribution in [0, 0.1) is 6.92 Å². The number of rotatable bonds is 3. The summed E-state index contributed by atoms with van der Waals surface area (Å²) in [5, 5.41) is 19.2. The van der Waals surface area contributed by atoms with Gasteiger partial charge in [-0.25, -0.2) is 0 Å². The Labute approximate surface area is 88.0 Å². The molecule has 2 aromatic rings. The molecule has 3 N–H and O–H groups in total. The van der Waals surface area contributed by atoms with Gasteiger partial charge in [-0.3, -0.25) is 5.10 Å². The first-order chi connectivity index (χ1) is 7.25. The molecule has 0 spiro atoms. The fourth-order valence-electron chi connectivity index (χ4n) is 1.42. The number of aryl methyl sites for hydroxylation is 1. The van der Waals surface area contributed by atoms with Crippen molar-refractivity contribution in [2.75, 3.05) is 5.32 Å². The number of nitrogens with one attached hydrogen (secondary N) is 2. The highest BCUT2D eigenvalue weighted by Crippen LogP contribution is 2.20. The molecule has 0 unspecified atom stereocenters. The number of aromatic amines is 1. The first-order valence-electron chi connectivity index (χ1n) is 4.77. The van der Waals surface area contributed by atoms with E-state index in [1.54, 1.807) is 18.3 Å². The summed E-state index contributed by atoms with van der Waals surface area (Å²) in [6, 6.07) is 7.18. The normalized spacial score (nSPS) is 10.2. The predicted octanol–water partition coefficient (Wildman–Crippen LogP) is 2.04. The van der Waals surface area contributed by atoms with Gasteiger partial charge < -0.3 is 10.4 Å². The molecule has 0 fully saturated rings. The van der Waals surface area contributed by atoms with Crippen molar-refractivity contribution in [3.63, 3.8) is 0 Å². The Morgan fingerprint density at radius 2 is 2.27 bits per heavy atom. The number of H-pyrrole nitrogens is 1. The second kappa shape index (κ2) is 4.04. The lowest BCUT2D eigenvalue weighted by Crippen LogP contribution is -2.01. The topological polar surface area (TPSA) is 60.9 Å². The minimum atomic E-state index is 0.291. The zero-order valence-corrected chi connectivity index (χ0v) is 8.49. The van der Waals surface area contributed by atoms with Crippen LogP contribution < -0.4 is 5.32 Å². The SMILES string of the molecule is Cc1cc(O)ccc1NCc1ccn[nH]1. The molecule has 0 aliphatic heterocycles. The summed E-state index contributed by atoms with van der Waals surface area (Å²) in [6.45, 7) is 2.65. The van der Waals surface area contributed by atoms with E-state index in [9.17, 15) is 5.11 Å². The Hall–Kier alpha value is -1.97. The lowest BCUT2D eigenvalue weighted by molar-refractivity contribution is 0.475. The molecule has 0 radical (unpaired) electrons. The second-order valence-corrected chi connectivity index (χ2v) is 3.43. The molecule has 0 saturated carbocycles. The van der Waals surface area contributed by atoms with E-state index in [1.807, 2.05) is 19.1 Å². The van der Waals surface area contributed by atoms with E-state index in [-0.39, 0.29) is 0 Å². The fraction of sp³-hybridized carbons (Fsp3) is 0.182. The Morgan fingerprint density at radius 1 is 1.40 bits per heavy atom. The molecule has 78 valence electrons. The summed E-state index contributed by atoms with van der Waals surface area (Å²) in [5.41, 5.74) is 3.07. The summed E-state index contributed by atoms with van der Waals surface area (Å²) in [5.74, 6) is 0.291. The average Bonchev–Trinajstić information content (AvgIpc) is 2.69. The molecule has 0 bridgehead atoms. The quantitative estimate of drug-likeness (QED) is 0.669. The Kier molecular flexibility index (Phi) is 2.58. The molecule has 0 saturated heterocycles. The number of nitrogens with zero attached hydrogens (tertiary/aromatic N) is 1. The molecule has 15 heavy (non-hydrogen) atoms. The zero-order chi connectivity index (χ0) is 10.7. The van der Waals surface area contributed by atoms with Crippen LogP contribution in [0.4, 0.5) is 5.69 Å². The number of aromatic hydroxyl groups is 1. The lowest BCUT2D eigenvalue weighted by atomic mass is 10.2. The Morgan fingerprint density at radius 3 is 2.93 bits per heavy atom. The van der Waals surface area contributed by atoms with E-state index in [2.05, 4.69) is 15.5 Å². The lowest BCUT2D eigenvalue weighted by Gasteiger charge is -2.08. The van der Waals surface area contributed by atoms with Crippen molar-refractivity contribution >= 4 is 5.69 Å². The van der Waals surface area contributed by atoms with Crippen molar-refractivity contribution in [1.82, 2.24) is 10.2 Å². The highest BCUT2D eigenvalue weighted by molar-refractivity contribution is 5.53. The number of anilines is 1.